The Kier molecular flexibility index (Phi) is 4.41. The van der Waals surface area contributed by atoms with Crippen LogP contribution >= 0.6 is 0 Å². The Morgan fingerprint density at radius 1 is 1.17 bits per heavy atom. The zero-order chi connectivity index (χ0) is 13.1. The number of rotatable bonds is 3. The van der Waals surface area contributed by atoms with E-state index in [0.29, 0.717) is 12.0 Å². The summed E-state index contributed by atoms with van der Waals surface area (Å²) < 4.78 is 0. The van der Waals surface area contributed by atoms with Gasteiger partial charge in [-0.25, -0.2) is 0 Å². The smallest absolute Gasteiger partial charge is 0.0488 e. The van der Waals surface area contributed by atoms with Crippen LogP contribution in [0.25, 0.3) is 0 Å². The van der Waals surface area contributed by atoms with E-state index in [1.54, 1.807) is 0 Å². The Labute approximate surface area is 111 Å². The summed E-state index contributed by atoms with van der Waals surface area (Å²) in [6.07, 6.45) is 5.31. The largest absolute Gasteiger partial charge is 0.271 e. The van der Waals surface area contributed by atoms with Crippen LogP contribution in [0.4, 0.5) is 0 Å². The van der Waals surface area contributed by atoms with Crippen LogP contribution in [0.1, 0.15) is 55.3 Å². The van der Waals surface area contributed by atoms with Crippen molar-refractivity contribution in [2.24, 2.45) is 17.7 Å². The Bertz CT molecular complexity index is 380. The number of nitrogens with two attached hydrogens (primary N) is 1. The molecule has 0 radical (unpaired) electrons. The van der Waals surface area contributed by atoms with Gasteiger partial charge in [-0.3, -0.25) is 11.3 Å². The van der Waals surface area contributed by atoms with Crippen LogP contribution in [-0.2, 0) is 0 Å². The Morgan fingerprint density at radius 3 is 2.39 bits per heavy atom. The highest BCUT2D eigenvalue weighted by Gasteiger charge is 2.27. The summed E-state index contributed by atoms with van der Waals surface area (Å²) in [5.41, 5.74) is 7.07. The first-order chi connectivity index (χ1) is 8.60. The van der Waals surface area contributed by atoms with Gasteiger partial charge in [0.2, 0.25) is 0 Å². The molecule has 0 aliphatic heterocycles. The molecule has 0 saturated heterocycles. The van der Waals surface area contributed by atoms with Gasteiger partial charge in [-0.2, -0.15) is 0 Å². The quantitative estimate of drug-likeness (QED) is 0.631. The fourth-order valence-electron chi connectivity index (χ4n) is 3.48. The molecule has 1 saturated carbocycles. The average Bonchev–Trinajstić information content (AvgIpc) is 2.28. The zero-order valence-corrected chi connectivity index (χ0v) is 11.9. The van der Waals surface area contributed by atoms with E-state index < -0.39 is 0 Å². The van der Waals surface area contributed by atoms with Crippen molar-refractivity contribution in [2.45, 2.75) is 52.5 Å². The van der Waals surface area contributed by atoms with Gasteiger partial charge < -0.3 is 0 Å². The molecule has 18 heavy (non-hydrogen) atoms. The third-order valence-corrected chi connectivity index (χ3v) is 4.23. The maximum atomic E-state index is 5.83. The Hall–Kier alpha value is -0.860. The summed E-state index contributed by atoms with van der Waals surface area (Å²) in [6.45, 7) is 6.68. The van der Waals surface area contributed by atoms with E-state index in [2.05, 4.69) is 44.4 Å². The van der Waals surface area contributed by atoms with Gasteiger partial charge in [-0.05, 0) is 44.1 Å². The molecule has 0 aromatic heterocycles. The molecule has 0 bridgehead atoms. The lowest BCUT2D eigenvalue weighted by Crippen LogP contribution is -2.35. The van der Waals surface area contributed by atoms with Crippen LogP contribution in [0.2, 0.25) is 0 Å². The maximum Gasteiger partial charge on any atom is 0.0488 e. The monoisotopic (exact) mass is 246 g/mol. The molecule has 0 spiro atoms. The first kappa shape index (κ1) is 13.6. The van der Waals surface area contributed by atoms with Gasteiger partial charge >= 0.3 is 0 Å². The highest BCUT2D eigenvalue weighted by molar-refractivity contribution is 5.31. The average molecular weight is 246 g/mol. The number of hydrogen-bond acceptors (Lipinski definition) is 2. The molecule has 3 atom stereocenters. The molecule has 1 aliphatic rings. The second kappa shape index (κ2) is 5.85. The molecule has 100 valence electrons. The minimum Gasteiger partial charge on any atom is -0.271 e. The van der Waals surface area contributed by atoms with Crippen LogP contribution < -0.4 is 11.3 Å². The first-order valence-corrected chi connectivity index (χ1v) is 7.14. The van der Waals surface area contributed by atoms with E-state index in [9.17, 15) is 0 Å². The fourth-order valence-corrected chi connectivity index (χ4v) is 3.48. The molecular weight excluding hydrogens is 220 g/mol. The predicted molar refractivity (Wildman–Crippen MR) is 77.1 cm³/mol. The van der Waals surface area contributed by atoms with Crippen molar-refractivity contribution in [3.05, 3.63) is 34.9 Å². The normalized spacial score (nSPS) is 26.0. The molecular formula is C16H26N2. The summed E-state index contributed by atoms with van der Waals surface area (Å²) >= 11 is 0. The van der Waals surface area contributed by atoms with Crippen LogP contribution in [0.5, 0.6) is 0 Å². The topological polar surface area (TPSA) is 38.0 Å². The van der Waals surface area contributed by atoms with E-state index >= 15 is 0 Å². The van der Waals surface area contributed by atoms with Crippen molar-refractivity contribution in [1.29, 1.82) is 0 Å². The molecule has 0 amide bonds. The van der Waals surface area contributed by atoms with E-state index in [-0.39, 0.29) is 0 Å². The van der Waals surface area contributed by atoms with E-state index in [1.807, 2.05) is 0 Å². The van der Waals surface area contributed by atoms with Crippen molar-refractivity contribution in [3.63, 3.8) is 0 Å². The molecule has 3 N–H and O–H groups in total. The van der Waals surface area contributed by atoms with Crippen LogP contribution in [0, 0.1) is 25.7 Å². The van der Waals surface area contributed by atoms with E-state index in [0.717, 1.165) is 5.92 Å². The Morgan fingerprint density at radius 2 is 1.83 bits per heavy atom. The van der Waals surface area contributed by atoms with Crippen molar-refractivity contribution in [3.8, 4) is 0 Å². The minimum atomic E-state index is 0.311. The van der Waals surface area contributed by atoms with Gasteiger partial charge in [0.25, 0.3) is 0 Å². The maximum absolute atomic E-state index is 5.83. The number of aryl methyl sites for hydroxylation is 2. The molecule has 1 aliphatic carbocycles. The van der Waals surface area contributed by atoms with E-state index in [4.69, 9.17) is 5.84 Å². The van der Waals surface area contributed by atoms with Gasteiger partial charge in [0.1, 0.15) is 0 Å². The highest BCUT2D eigenvalue weighted by Crippen LogP contribution is 2.37. The van der Waals surface area contributed by atoms with Gasteiger partial charge in [-0.1, -0.05) is 49.1 Å². The summed E-state index contributed by atoms with van der Waals surface area (Å²) in [6, 6.07) is 7.08. The second-order valence-electron chi connectivity index (χ2n) is 6.10. The molecule has 3 unspecified atom stereocenters. The fraction of sp³-hybridized carbons (Fsp3) is 0.625. The van der Waals surface area contributed by atoms with Crippen molar-refractivity contribution in [1.82, 2.24) is 5.43 Å². The number of hydrogen-bond donors (Lipinski definition) is 2. The lowest BCUT2D eigenvalue weighted by Gasteiger charge is -2.33. The number of benzene rings is 1. The number of nitrogens with one attached hydrogen (secondary N) is 1. The van der Waals surface area contributed by atoms with Crippen molar-refractivity contribution >= 4 is 0 Å². The van der Waals surface area contributed by atoms with E-state index in [1.165, 1.54) is 42.4 Å². The molecule has 2 nitrogen and oxygen atoms in total. The molecule has 1 aromatic carbocycles. The van der Waals surface area contributed by atoms with Gasteiger partial charge in [-0.15, -0.1) is 0 Å². The summed E-state index contributed by atoms with van der Waals surface area (Å²) in [4.78, 5) is 0. The van der Waals surface area contributed by atoms with Crippen molar-refractivity contribution < 1.29 is 0 Å². The number of hydrazine groups is 1. The lowest BCUT2D eigenvalue weighted by atomic mass is 9.76. The van der Waals surface area contributed by atoms with Gasteiger partial charge in [0.15, 0.2) is 0 Å². The Balaban J connectivity index is 2.21. The molecule has 1 aromatic rings. The van der Waals surface area contributed by atoms with Crippen molar-refractivity contribution in [2.75, 3.05) is 0 Å². The van der Waals surface area contributed by atoms with Crippen LogP contribution in [0.15, 0.2) is 18.2 Å². The SMILES string of the molecule is Cc1cc(C)cc(C(NN)C2CCCC(C)C2)c1. The standard InChI is InChI=1S/C16H26N2/c1-11-5-4-6-14(8-11)16(18-17)15-9-12(2)7-13(3)10-15/h7,9-11,14,16,18H,4-6,8,17H2,1-3H3. The lowest BCUT2D eigenvalue weighted by molar-refractivity contribution is 0.224. The molecule has 2 heteroatoms. The summed E-state index contributed by atoms with van der Waals surface area (Å²) in [5.74, 6) is 7.35. The first-order valence-electron chi connectivity index (χ1n) is 7.14. The van der Waals surface area contributed by atoms with Gasteiger partial charge in [0.05, 0.1) is 0 Å². The highest BCUT2D eigenvalue weighted by atomic mass is 15.2. The predicted octanol–water partition coefficient (Wildman–Crippen LogP) is 3.63. The minimum absolute atomic E-state index is 0.311. The molecule has 0 heterocycles. The zero-order valence-electron chi connectivity index (χ0n) is 11.9. The molecule has 2 rings (SSSR count). The summed E-state index contributed by atoms with van der Waals surface area (Å²) in [7, 11) is 0. The van der Waals surface area contributed by atoms with Crippen LogP contribution in [0.3, 0.4) is 0 Å². The third-order valence-electron chi connectivity index (χ3n) is 4.23. The van der Waals surface area contributed by atoms with Gasteiger partial charge in [0, 0.05) is 6.04 Å². The molecule has 1 fully saturated rings. The van der Waals surface area contributed by atoms with Crippen LogP contribution in [-0.4, -0.2) is 0 Å². The summed E-state index contributed by atoms with van der Waals surface area (Å²) in [5, 5.41) is 0. The third kappa shape index (κ3) is 3.12. The second-order valence-corrected chi connectivity index (χ2v) is 6.10.